The summed E-state index contributed by atoms with van der Waals surface area (Å²) in [6.45, 7) is 2.10. The van der Waals surface area contributed by atoms with Crippen LogP contribution in [0, 0.1) is 17.1 Å². The number of aromatic nitrogens is 4. The standard InChI is InChI=1S/C23H18FN7OS/c24-17-3-1-4-18(14-17)31-22(19-5-2-12-33-19)27-21(28-31)23(32)30-10-8-29(9-11-30)20-13-16(15-25)6-7-26-20/h1-7,12-14H,8-11H2. The van der Waals surface area contributed by atoms with Crippen molar-refractivity contribution in [3.63, 3.8) is 0 Å². The Hall–Kier alpha value is -4.10. The van der Waals surface area contributed by atoms with Crippen molar-refractivity contribution in [2.75, 3.05) is 31.1 Å². The molecule has 1 fully saturated rings. The van der Waals surface area contributed by atoms with Crippen molar-refractivity contribution in [2.24, 2.45) is 0 Å². The molecule has 1 saturated heterocycles. The van der Waals surface area contributed by atoms with Crippen molar-refractivity contribution in [3.05, 3.63) is 77.3 Å². The Balaban J connectivity index is 1.38. The second-order valence-electron chi connectivity index (χ2n) is 7.42. The highest BCUT2D eigenvalue weighted by Crippen LogP contribution is 2.26. The highest BCUT2D eigenvalue weighted by molar-refractivity contribution is 7.13. The van der Waals surface area contributed by atoms with Gasteiger partial charge in [0, 0.05) is 32.4 Å². The number of carbonyl (C=O) groups excluding carboxylic acids is 1. The van der Waals surface area contributed by atoms with Gasteiger partial charge in [-0.25, -0.2) is 19.0 Å². The number of thiophene rings is 1. The summed E-state index contributed by atoms with van der Waals surface area (Å²) in [5.74, 6) is 0.616. The fourth-order valence-electron chi connectivity index (χ4n) is 3.70. The van der Waals surface area contributed by atoms with Crippen molar-refractivity contribution in [2.45, 2.75) is 0 Å². The first-order valence-electron chi connectivity index (χ1n) is 10.3. The van der Waals surface area contributed by atoms with Crippen LogP contribution >= 0.6 is 11.3 Å². The maximum Gasteiger partial charge on any atom is 0.293 e. The molecule has 3 aromatic heterocycles. The van der Waals surface area contributed by atoms with E-state index in [4.69, 9.17) is 5.26 Å². The number of piperazine rings is 1. The van der Waals surface area contributed by atoms with Gasteiger partial charge in [0.1, 0.15) is 11.6 Å². The van der Waals surface area contributed by atoms with Crippen molar-refractivity contribution in [1.29, 1.82) is 5.26 Å². The molecule has 1 aliphatic rings. The van der Waals surface area contributed by atoms with E-state index in [1.807, 2.05) is 22.4 Å². The molecule has 0 aliphatic carbocycles. The Bertz CT molecular complexity index is 1340. The normalized spacial score (nSPS) is 13.7. The first kappa shape index (κ1) is 20.8. The number of carbonyl (C=O) groups is 1. The minimum atomic E-state index is -0.391. The Morgan fingerprint density at radius 1 is 1.09 bits per heavy atom. The molecule has 4 aromatic rings. The molecule has 0 unspecified atom stereocenters. The van der Waals surface area contributed by atoms with Gasteiger partial charge in [-0.15, -0.1) is 16.4 Å². The molecule has 1 aromatic carbocycles. The van der Waals surface area contributed by atoms with E-state index in [1.54, 1.807) is 35.4 Å². The van der Waals surface area contributed by atoms with Gasteiger partial charge in [0.2, 0.25) is 5.82 Å². The number of anilines is 1. The van der Waals surface area contributed by atoms with Gasteiger partial charge in [0.15, 0.2) is 5.82 Å². The number of hydrogen-bond donors (Lipinski definition) is 0. The van der Waals surface area contributed by atoms with Gasteiger partial charge in [0.25, 0.3) is 5.91 Å². The molecule has 0 bridgehead atoms. The number of halogens is 1. The molecule has 164 valence electrons. The molecule has 0 radical (unpaired) electrons. The Labute approximate surface area is 193 Å². The molecule has 1 amide bonds. The Morgan fingerprint density at radius 3 is 2.67 bits per heavy atom. The number of benzene rings is 1. The van der Waals surface area contributed by atoms with Crippen LogP contribution < -0.4 is 4.90 Å². The largest absolute Gasteiger partial charge is 0.353 e. The highest BCUT2D eigenvalue weighted by Gasteiger charge is 2.27. The van der Waals surface area contributed by atoms with E-state index in [9.17, 15) is 9.18 Å². The van der Waals surface area contributed by atoms with Gasteiger partial charge < -0.3 is 9.80 Å². The summed E-state index contributed by atoms with van der Waals surface area (Å²) in [6.07, 6.45) is 1.61. The number of hydrogen-bond acceptors (Lipinski definition) is 7. The smallest absolute Gasteiger partial charge is 0.293 e. The first-order valence-corrected chi connectivity index (χ1v) is 11.2. The molecule has 0 saturated carbocycles. The minimum Gasteiger partial charge on any atom is -0.353 e. The van der Waals surface area contributed by atoms with Crippen LogP contribution in [0.4, 0.5) is 10.2 Å². The van der Waals surface area contributed by atoms with Crippen molar-refractivity contribution >= 4 is 23.1 Å². The summed E-state index contributed by atoms with van der Waals surface area (Å²) in [7, 11) is 0. The quantitative estimate of drug-likeness (QED) is 0.465. The molecule has 10 heteroatoms. The summed E-state index contributed by atoms with van der Waals surface area (Å²) in [6, 6.07) is 15.3. The molecule has 8 nitrogen and oxygen atoms in total. The topological polar surface area (TPSA) is 90.9 Å². The van der Waals surface area contributed by atoms with Crippen LogP contribution in [0.2, 0.25) is 0 Å². The van der Waals surface area contributed by atoms with Gasteiger partial charge in [0.05, 0.1) is 22.2 Å². The SMILES string of the molecule is N#Cc1ccnc(N2CCN(C(=O)c3nc(-c4cccs4)n(-c4cccc(F)c4)n3)CC2)c1. The fourth-order valence-corrected chi connectivity index (χ4v) is 4.40. The number of nitriles is 1. The summed E-state index contributed by atoms with van der Waals surface area (Å²) in [4.78, 5) is 26.7. The van der Waals surface area contributed by atoms with E-state index >= 15 is 0 Å². The zero-order chi connectivity index (χ0) is 22.8. The van der Waals surface area contributed by atoms with Gasteiger partial charge in [-0.1, -0.05) is 12.1 Å². The second-order valence-corrected chi connectivity index (χ2v) is 8.37. The highest BCUT2D eigenvalue weighted by atomic mass is 32.1. The number of rotatable bonds is 4. The molecule has 0 N–H and O–H groups in total. The second kappa shape index (κ2) is 8.80. The molecular formula is C23H18FN7OS. The third-order valence-corrected chi connectivity index (χ3v) is 6.22. The van der Waals surface area contributed by atoms with Crippen molar-refractivity contribution in [3.8, 4) is 22.5 Å². The number of amides is 1. The van der Waals surface area contributed by atoms with Gasteiger partial charge in [-0.2, -0.15) is 5.26 Å². The lowest BCUT2D eigenvalue weighted by Crippen LogP contribution is -2.49. The van der Waals surface area contributed by atoms with Gasteiger partial charge >= 0.3 is 0 Å². The van der Waals surface area contributed by atoms with Crippen LogP contribution in [0.15, 0.2) is 60.1 Å². The maximum atomic E-state index is 13.8. The third kappa shape index (κ3) is 4.18. The molecule has 0 spiro atoms. The van der Waals surface area contributed by atoms with E-state index in [0.29, 0.717) is 43.3 Å². The molecule has 4 heterocycles. The van der Waals surface area contributed by atoms with Crippen molar-refractivity contribution in [1.82, 2.24) is 24.6 Å². The number of pyridine rings is 1. The van der Waals surface area contributed by atoms with Crippen LogP contribution in [0.1, 0.15) is 16.2 Å². The van der Waals surface area contributed by atoms with E-state index in [2.05, 4.69) is 21.1 Å². The van der Waals surface area contributed by atoms with Crippen molar-refractivity contribution < 1.29 is 9.18 Å². The summed E-state index contributed by atoms with van der Waals surface area (Å²) in [5, 5.41) is 15.5. The summed E-state index contributed by atoms with van der Waals surface area (Å²) < 4.78 is 15.4. The molecular weight excluding hydrogens is 441 g/mol. The average molecular weight is 460 g/mol. The lowest BCUT2D eigenvalue weighted by Gasteiger charge is -2.34. The van der Waals surface area contributed by atoms with Crippen LogP contribution in [-0.4, -0.2) is 56.7 Å². The first-order chi connectivity index (χ1) is 16.1. The average Bonchev–Trinajstić information content (AvgIpc) is 3.54. The van der Waals surface area contributed by atoms with Crippen LogP contribution in [0.25, 0.3) is 16.4 Å². The van der Waals surface area contributed by atoms with Crippen LogP contribution in [0.5, 0.6) is 0 Å². The zero-order valence-corrected chi connectivity index (χ0v) is 18.2. The lowest BCUT2D eigenvalue weighted by molar-refractivity contribution is 0.0734. The molecule has 33 heavy (non-hydrogen) atoms. The zero-order valence-electron chi connectivity index (χ0n) is 17.4. The van der Waals surface area contributed by atoms with Gasteiger partial charge in [-0.05, 0) is 41.8 Å². The van der Waals surface area contributed by atoms with Crippen LogP contribution in [0.3, 0.4) is 0 Å². The van der Waals surface area contributed by atoms with Crippen LogP contribution in [-0.2, 0) is 0 Å². The number of nitrogens with zero attached hydrogens (tertiary/aromatic N) is 7. The Kier molecular flexibility index (Phi) is 5.54. The summed E-state index contributed by atoms with van der Waals surface area (Å²) in [5.41, 5.74) is 1.05. The minimum absolute atomic E-state index is 0.0701. The van der Waals surface area contributed by atoms with E-state index in [-0.39, 0.29) is 11.7 Å². The monoisotopic (exact) mass is 459 g/mol. The van der Waals surface area contributed by atoms with E-state index in [1.165, 1.54) is 28.2 Å². The Morgan fingerprint density at radius 2 is 1.94 bits per heavy atom. The summed E-state index contributed by atoms with van der Waals surface area (Å²) >= 11 is 1.47. The molecule has 5 rings (SSSR count). The molecule has 1 aliphatic heterocycles. The molecule has 0 atom stereocenters. The van der Waals surface area contributed by atoms with E-state index < -0.39 is 5.82 Å². The predicted octanol–water partition coefficient (Wildman–Crippen LogP) is 3.36. The van der Waals surface area contributed by atoms with Gasteiger partial charge in [-0.3, -0.25) is 4.79 Å². The van der Waals surface area contributed by atoms with E-state index in [0.717, 1.165) is 10.7 Å². The predicted molar refractivity (Wildman–Crippen MR) is 122 cm³/mol. The maximum absolute atomic E-state index is 13.8. The third-order valence-electron chi connectivity index (χ3n) is 5.36. The lowest BCUT2D eigenvalue weighted by atomic mass is 10.2. The fraction of sp³-hybridized carbons (Fsp3) is 0.174.